The average Bonchev–Trinajstić information content (AvgIpc) is 3.12. The summed E-state index contributed by atoms with van der Waals surface area (Å²) in [5.41, 5.74) is 0.879. The molecule has 0 spiro atoms. The Balaban J connectivity index is 1.64. The van der Waals surface area contributed by atoms with Crippen LogP contribution in [0, 0.1) is 24.7 Å². The van der Waals surface area contributed by atoms with E-state index in [2.05, 4.69) is 24.1 Å². The minimum absolute atomic E-state index is 0.0787. The lowest BCUT2D eigenvalue weighted by molar-refractivity contribution is 0.0918. The summed E-state index contributed by atoms with van der Waals surface area (Å²) in [7, 11) is 0. The van der Waals surface area contributed by atoms with Crippen LogP contribution in [0.2, 0.25) is 0 Å². The zero-order chi connectivity index (χ0) is 14.3. The van der Waals surface area contributed by atoms with Crippen molar-refractivity contribution in [2.45, 2.75) is 58.9 Å². The topological polar surface area (TPSA) is 42.0 Å². The Bertz CT molecular complexity index is 511. The second kappa shape index (κ2) is 5.47. The van der Waals surface area contributed by atoms with E-state index < -0.39 is 0 Å². The van der Waals surface area contributed by atoms with Crippen molar-refractivity contribution in [1.82, 2.24) is 10.3 Å². The maximum atomic E-state index is 12.4. The van der Waals surface area contributed by atoms with Gasteiger partial charge in [0.1, 0.15) is 4.88 Å². The van der Waals surface area contributed by atoms with Gasteiger partial charge in [0.2, 0.25) is 0 Å². The normalized spacial score (nSPS) is 29.6. The number of hydrogen-bond donors (Lipinski definition) is 1. The molecule has 3 rings (SSSR count). The van der Waals surface area contributed by atoms with Crippen LogP contribution in [0.4, 0.5) is 0 Å². The van der Waals surface area contributed by atoms with E-state index in [1.807, 2.05) is 6.92 Å². The van der Waals surface area contributed by atoms with E-state index in [0.29, 0.717) is 12.0 Å². The molecule has 1 N–H and O–H groups in total. The van der Waals surface area contributed by atoms with E-state index in [0.717, 1.165) is 33.8 Å². The lowest BCUT2D eigenvalue weighted by atomic mass is 9.84. The van der Waals surface area contributed by atoms with Crippen LogP contribution in [-0.2, 0) is 6.42 Å². The number of fused-ring (bicyclic) bond motifs is 2. The number of thiazole rings is 1. The van der Waals surface area contributed by atoms with E-state index in [-0.39, 0.29) is 5.91 Å². The second-order valence-corrected chi connectivity index (χ2v) is 7.56. The van der Waals surface area contributed by atoms with Crippen molar-refractivity contribution in [3.05, 3.63) is 15.6 Å². The van der Waals surface area contributed by atoms with Crippen LogP contribution < -0.4 is 5.32 Å². The number of amides is 1. The molecule has 1 amide bonds. The summed E-state index contributed by atoms with van der Waals surface area (Å²) in [4.78, 5) is 17.7. The first-order valence-corrected chi connectivity index (χ1v) is 8.67. The fourth-order valence-electron chi connectivity index (χ4n) is 4.10. The zero-order valence-electron chi connectivity index (χ0n) is 12.6. The molecular formula is C16H24N2OS. The van der Waals surface area contributed by atoms with Crippen molar-refractivity contribution in [2.24, 2.45) is 17.8 Å². The third-order valence-corrected chi connectivity index (χ3v) is 6.44. The van der Waals surface area contributed by atoms with Gasteiger partial charge in [0.25, 0.3) is 5.91 Å². The monoisotopic (exact) mass is 292 g/mol. The molecule has 0 saturated heterocycles. The van der Waals surface area contributed by atoms with Crippen LogP contribution in [0.3, 0.4) is 0 Å². The van der Waals surface area contributed by atoms with Gasteiger partial charge in [0, 0.05) is 6.04 Å². The van der Waals surface area contributed by atoms with Gasteiger partial charge in [-0.25, -0.2) is 4.98 Å². The standard InChI is InChI=1S/C16H24N2OS/c1-4-14-17-10(3)15(20-14)16(19)18-9(2)13-8-11-5-6-12(13)7-11/h9,11-13H,4-8H2,1-3H3,(H,18,19)/t9-,11+,12+,13+/m1/s1. The van der Waals surface area contributed by atoms with Crippen molar-refractivity contribution < 1.29 is 4.79 Å². The predicted molar refractivity (Wildman–Crippen MR) is 82.1 cm³/mol. The van der Waals surface area contributed by atoms with Gasteiger partial charge in [-0.15, -0.1) is 11.3 Å². The summed E-state index contributed by atoms with van der Waals surface area (Å²) in [6, 6.07) is 0.296. The molecule has 1 aromatic heterocycles. The fourth-order valence-corrected chi connectivity index (χ4v) is 5.01. The third kappa shape index (κ3) is 2.50. The van der Waals surface area contributed by atoms with E-state index in [4.69, 9.17) is 0 Å². The van der Waals surface area contributed by atoms with E-state index in [1.165, 1.54) is 25.7 Å². The number of aryl methyl sites for hydroxylation is 2. The first kappa shape index (κ1) is 14.1. The molecule has 20 heavy (non-hydrogen) atoms. The Morgan fingerprint density at radius 3 is 2.80 bits per heavy atom. The van der Waals surface area contributed by atoms with Crippen LogP contribution in [0.25, 0.3) is 0 Å². The van der Waals surface area contributed by atoms with Crippen molar-refractivity contribution in [1.29, 1.82) is 0 Å². The highest BCUT2D eigenvalue weighted by Gasteiger charge is 2.42. The summed E-state index contributed by atoms with van der Waals surface area (Å²) in [5.74, 6) is 2.55. The molecule has 0 aliphatic heterocycles. The number of carbonyl (C=O) groups excluding carboxylic acids is 1. The van der Waals surface area contributed by atoms with Crippen molar-refractivity contribution in [3.63, 3.8) is 0 Å². The van der Waals surface area contributed by atoms with Crippen molar-refractivity contribution >= 4 is 17.2 Å². The molecule has 1 heterocycles. The highest BCUT2D eigenvalue weighted by Crippen LogP contribution is 2.49. The zero-order valence-corrected chi connectivity index (χ0v) is 13.4. The third-order valence-electron chi connectivity index (χ3n) is 5.14. The molecule has 4 heteroatoms. The average molecular weight is 292 g/mol. The van der Waals surface area contributed by atoms with Crippen molar-refractivity contribution in [2.75, 3.05) is 0 Å². The molecule has 0 aromatic carbocycles. The van der Waals surface area contributed by atoms with Gasteiger partial charge < -0.3 is 5.32 Å². The minimum atomic E-state index is 0.0787. The SMILES string of the molecule is CCc1nc(C)c(C(=O)N[C@H](C)[C@@H]2C[C@H]3CC[C@H]2C3)s1. The first-order valence-electron chi connectivity index (χ1n) is 7.85. The fraction of sp³-hybridized carbons (Fsp3) is 0.750. The summed E-state index contributed by atoms with van der Waals surface area (Å²) in [6.45, 7) is 6.20. The van der Waals surface area contributed by atoms with Gasteiger partial charge in [-0.3, -0.25) is 4.79 Å². The van der Waals surface area contributed by atoms with E-state index >= 15 is 0 Å². The lowest BCUT2D eigenvalue weighted by Crippen LogP contribution is -2.40. The van der Waals surface area contributed by atoms with Gasteiger partial charge in [-0.1, -0.05) is 13.3 Å². The van der Waals surface area contributed by atoms with Crippen LogP contribution >= 0.6 is 11.3 Å². The van der Waals surface area contributed by atoms with Gasteiger partial charge in [-0.05, 0) is 57.3 Å². The van der Waals surface area contributed by atoms with Gasteiger partial charge in [0.05, 0.1) is 10.7 Å². The molecule has 1 aromatic rings. The van der Waals surface area contributed by atoms with E-state index in [9.17, 15) is 4.79 Å². The first-order chi connectivity index (χ1) is 9.58. The van der Waals surface area contributed by atoms with Crippen molar-refractivity contribution in [3.8, 4) is 0 Å². The Hall–Kier alpha value is -0.900. The highest BCUT2D eigenvalue weighted by atomic mass is 32.1. The molecule has 4 atom stereocenters. The van der Waals surface area contributed by atoms with Gasteiger partial charge in [0.15, 0.2) is 0 Å². The van der Waals surface area contributed by atoms with Crippen LogP contribution in [0.5, 0.6) is 0 Å². The molecule has 2 bridgehead atoms. The molecule has 2 saturated carbocycles. The number of rotatable bonds is 4. The number of nitrogens with zero attached hydrogens (tertiary/aromatic N) is 1. The van der Waals surface area contributed by atoms with E-state index in [1.54, 1.807) is 11.3 Å². The highest BCUT2D eigenvalue weighted by molar-refractivity contribution is 7.13. The largest absolute Gasteiger partial charge is 0.349 e. The van der Waals surface area contributed by atoms with Gasteiger partial charge >= 0.3 is 0 Å². The second-order valence-electron chi connectivity index (χ2n) is 6.48. The Labute approximate surface area is 125 Å². The van der Waals surface area contributed by atoms with Crippen LogP contribution in [0.15, 0.2) is 0 Å². The molecule has 3 nitrogen and oxygen atoms in total. The Morgan fingerprint density at radius 1 is 1.45 bits per heavy atom. The van der Waals surface area contributed by atoms with Crippen LogP contribution in [0.1, 0.15) is 59.9 Å². The van der Waals surface area contributed by atoms with Gasteiger partial charge in [-0.2, -0.15) is 0 Å². The smallest absolute Gasteiger partial charge is 0.263 e. The molecule has 2 aliphatic carbocycles. The summed E-state index contributed by atoms with van der Waals surface area (Å²) in [5, 5.41) is 4.29. The predicted octanol–water partition coefficient (Wildman–Crippen LogP) is 3.57. The molecule has 110 valence electrons. The van der Waals surface area contributed by atoms with Crippen LogP contribution in [-0.4, -0.2) is 16.9 Å². The number of hydrogen-bond acceptors (Lipinski definition) is 3. The number of aromatic nitrogens is 1. The lowest BCUT2D eigenvalue weighted by Gasteiger charge is -2.28. The molecule has 0 unspecified atom stereocenters. The molecule has 2 fully saturated rings. The maximum absolute atomic E-state index is 12.4. The summed E-state index contributed by atoms with van der Waals surface area (Å²) < 4.78 is 0. The maximum Gasteiger partial charge on any atom is 0.263 e. The molecule has 0 radical (unpaired) electrons. The molecular weight excluding hydrogens is 268 g/mol. The molecule has 2 aliphatic rings. The number of carbonyl (C=O) groups is 1. The minimum Gasteiger partial charge on any atom is -0.349 e. The summed E-state index contributed by atoms with van der Waals surface area (Å²) in [6.07, 6.45) is 6.39. The quantitative estimate of drug-likeness (QED) is 0.922. The number of nitrogens with one attached hydrogen (secondary N) is 1. The summed E-state index contributed by atoms with van der Waals surface area (Å²) >= 11 is 1.54. The Kier molecular flexibility index (Phi) is 3.85. The Morgan fingerprint density at radius 2 is 2.25 bits per heavy atom.